The van der Waals surface area contributed by atoms with Crippen molar-refractivity contribution in [2.24, 2.45) is 0 Å². The molecular formula is C17H14ClN3. The first kappa shape index (κ1) is 13.6. The van der Waals surface area contributed by atoms with E-state index < -0.39 is 0 Å². The fourth-order valence-corrected chi connectivity index (χ4v) is 2.46. The number of aromatic nitrogens is 1. The Balaban J connectivity index is 2.10. The molecule has 1 heterocycles. The summed E-state index contributed by atoms with van der Waals surface area (Å²) in [7, 11) is 0. The van der Waals surface area contributed by atoms with Crippen molar-refractivity contribution in [3.05, 3.63) is 59.6 Å². The van der Waals surface area contributed by atoms with Gasteiger partial charge in [0.2, 0.25) is 0 Å². The minimum atomic E-state index is 0.400. The van der Waals surface area contributed by atoms with Crippen LogP contribution in [0.25, 0.3) is 22.2 Å². The molecule has 0 aliphatic carbocycles. The normalized spacial score (nSPS) is 10.6. The fourth-order valence-electron chi connectivity index (χ4n) is 2.23. The van der Waals surface area contributed by atoms with Gasteiger partial charge >= 0.3 is 0 Å². The number of nitrogens with zero attached hydrogens (tertiary/aromatic N) is 1. The predicted octanol–water partition coefficient (Wildman–Crippen LogP) is 4.96. The number of benzene rings is 2. The second-order valence-electron chi connectivity index (χ2n) is 4.83. The number of hydrogen-bond acceptors (Lipinski definition) is 2. The van der Waals surface area contributed by atoms with Gasteiger partial charge in [0.1, 0.15) is 0 Å². The van der Waals surface area contributed by atoms with Crippen molar-refractivity contribution < 1.29 is 0 Å². The summed E-state index contributed by atoms with van der Waals surface area (Å²) in [6, 6.07) is 17.5. The average molecular weight is 296 g/mol. The zero-order valence-electron chi connectivity index (χ0n) is 11.5. The number of anilines is 1. The van der Waals surface area contributed by atoms with Gasteiger partial charge in [-0.2, -0.15) is 0 Å². The second kappa shape index (κ2) is 5.54. The van der Waals surface area contributed by atoms with Gasteiger partial charge in [0.05, 0.1) is 17.0 Å². The highest BCUT2D eigenvalue weighted by Crippen LogP contribution is 2.28. The lowest BCUT2D eigenvalue weighted by molar-refractivity contribution is 1.39. The van der Waals surface area contributed by atoms with Crippen molar-refractivity contribution in [1.82, 2.24) is 4.98 Å². The molecule has 1 aromatic heterocycles. The largest absolute Gasteiger partial charge is 0.344 e. The first-order valence-electron chi connectivity index (χ1n) is 6.61. The van der Waals surface area contributed by atoms with E-state index in [4.69, 9.17) is 17.0 Å². The molecule has 0 aliphatic heterocycles. The number of nitrogens with one attached hydrogen (secondary N) is 2. The van der Waals surface area contributed by atoms with Gasteiger partial charge in [0.15, 0.2) is 0 Å². The van der Waals surface area contributed by atoms with Crippen LogP contribution in [0.2, 0.25) is 5.02 Å². The molecule has 3 rings (SSSR count). The van der Waals surface area contributed by atoms with Crippen LogP contribution in [0, 0.1) is 5.41 Å². The second-order valence-corrected chi connectivity index (χ2v) is 5.24. The van der Waals surface area contributed by atoms with Gasteiger partial charge in [-0.3, -0.25) is 5.41 Å². The third-order valence-electron chi connectivity index (χ3n) is 3.17. The topological polar surface area (TPSA) is 48.8 Å². The van der Waals surface area contributed by atoms with Gasteiger partial charge in [-0.05, 0) is 31.2 Å². The van der Waals surface area contributed by atoms with Gasteiger partial charge in [-0.15, -0.1) is 0 Å². The minimum absolute atomic E-state index is 0.400. The molecule has 0 amide bonds. The summed E-state index contributed by atoms with van der Waals surface area (Å²) in [6.45, 7) is 1.71. The molecule has 2 aromatic carbocycles. The lowest BCUT2D eigenvalue weighted by Gasteiger charge is -2.08. The average Bonchev–Trinajstić information content (AvgIpc) is 2.46. The molecular weight excluding hydrogens is 282 g/mol. The zero-order valence-corrected chi connectivity index (χ0v) is 12.3. The number of pyridine rings is 1. The molecule has 0 radical (unpaired) electrons. The van der Waals surface area contributed by atoms with Gasteiger partial charge in [0.25, 0.3) is 0 Å². The third kappa shape index (κ3) is 2.88. The van der Waals surface area contributed by atoms with Crippen LogP contribution >= 0.6 is 11.6 Å². The fraction of sp³-hybridized carbons (Fsp3) is 0.0588. The van der Waals surface area contributed by atoms with E-state index in [0.29, 0.717) is 10.9 Å². The van der Waals surface area contributed by atoms with E-state index in [1.807, 2.05) is 54.6 Å². The van der Waals surface area contributed by atoms with E-state index in [-0.39, 0.29) is 0 Å². The van der Waals surface area contributed by atoms with Crippen molar-refractivity contribution in [1.29, 1.82) is 5.41 Å². The van der Waals surface area contributed by atoms with Crippen LogP contribution in [0.3, 0.4) is 0 Å². The first-order valence-corrected chi connectivity index (χ1v) is 6.99. The van der Waals surface area contributed by atoms with E-state index >= 15 is 0 Å². The maximum atomic E-state index is 7.50. The van der Waals surface area contributed by atoms with Crippen LogP contribution in [0.15, 0.2) is 54.6 Å². The number of halogens is 1. The molecule has 0 saturated heterocycles. The van der Waals surface area contributed by atoms with Crippen LogP contribution in [0.5, 0.6) is 0 Å². The molecule has 0 saturated carbocycles. The highest BCUT2D eigenvalue weighted by molar-refractivity contribution is 6.33. The van der Waals surface area contributed by atoms with Crippen molar-refractivity contribution in [3.8, 4) is 11.3 Å². The maximum absolute atomic E-state index is 7.50. The lowest BCUT2D eigenvalue weighted by atomic mass is 10.1. The van der Waals surface area contributed by atoms with Crippen LogP contribution in [-0.4, -0.2) is 10.8 Å². The Morgan fingerprint density at radius 1 is 1.10 bits per heavy atom. The monoisotopic (exact) mass is 295 g/mol. The molecule has 2 N–H and O–H groups in total. The maximum Gasteiger partial charge on any atom is 0.0944 e. The van der Waals surface area contributed by atoms with E-state index in [9.17, 15) is 0 Å². The number of rotatable bonds is 2. The highest BCUT2D eigenvalue weighted by atomic mass is 35.5. The Morgan fingerprint density at radius 3 is 2.62 bits per heavy atom. The molecule has 21 heavy (non-hydrogen) atoms. The summed E-state index contributed by atoms with van der Waals surface area (Å²) in [5, 5.41) is 12.2. The van der Waals surface area contributed by atoms with E-state index in [0.717, 1.165) is 27.8 Å². The Kier molecular flexibility index (Phi) is 3.59. The Bertz CT molecular complexity index is 827. The zero-order chi connectivity index (χ0) is 14.8. The number of fused-ring (bicyclic) bond motifs is 1. The Labute approximate surface area is 128 Å². The van der Waals surface area contributed by atoms with Crippen LogP contribution < -0.4 is 5.32 Å². The summed E-state index contributed by atoms with van der Waals surface area (Å²) >= 11 is 6.23. The Morgan fingerprint density at radius 2 is 1.86 bits per heavy atom. The van der Waals surface area contributed by atoms with Crippen LogP contribution in [0.4, 0.5) is 5.69 Å². The summed E-state index contributed by atoms with van der Waals surface area (Å²) in [5.41, 5.74) is 3.50. The summed E-state index contributed by atoms with van der Waals surface area (Å²) in [5.74, 6) is 0.400. The van der Waals surface area contributed by atoms with Crippen molar-refractivity contribution in [2.45, 2.75) is 6.92 Å². The molecule has 3 nitrogen and oxygen atoms in total. The van der Waals surface area contributed by atoms with Crippen molar-refractivity contribution in [2.75, 3.05) is 5.32 Å². The molecule has 4 heteroatoms. The van der Waals surface area contributed by atoms with Gasteiger partial charge in [-0.1, -0.05) is 41.9 Å². The van der Waals surface area contributed by atoms with Crippen molar-refractivity contribution in [3.63, 3.8) is 0 Å². The van der Waals surface area contributed by atoms with Gasteiger partial charge < -0.3 is 5.32 Å². The number of hydrogen-bond donors (Lipinski definition) is 2. The van der Waals surface area contributed by atoms with Crippen molar-refractivity contribution >= 4 is 34.0 Å². The predicted molar refractivity (Wildman–Crippen MR) is 89.2 cm³/mol. The Hall–Kier alpha value is -2.39. The first-order chi connectivity index (χ1) is 10.1. The SMILES string of the molecule is CC(=N)Nc1ccc2ccc(-c3ccccc3Cl)nc2c1. The third-order valence-corrected chi connectivity index (χ3v) is 3.50. The van der Waals surface area contributed by atoms with Crippen LogP contribution in [0.1, 0.15) is 6.92 Å². The van der Waals surface area contributed by atoms with Crippen LogP contribution in [-0.2, 0) is 0 Å². The van der Waals surface area contributed by atoms with E-state index in [1.54, 1.807) is 6.92 Å². The molecule has 0 unspecified atom stereocenters. The molecule has 0 aliphatic rings. The smallest absolute Gasteiger partial charge is 0.0944 e. The summed E-state index contributed by atoms with van der Waals surface area (Å²) in [6.07, 6.45) is 0. The van der Waals surface area contributed by atoms with Gasteiger partial charge in [0, 0.05) is 21.7 Å². The molecule has 0 bridgehead atoms. The summed E-state index contributed by atoms with van der Waals surface area (Å²) in [4.78, 5) is 4.68. The molecule has 104 valence electrons. The molecule has 0 spiro atoms. The highest BCUT2D eigenvalue weighted by Gasteiger charge is 2.06. The minimum Gasteiger partial charge on any atom is -0.344 e. The van der Waals surface area contributed by atoms with E-state index in [1.165, 1.54) is 0 Å². The quantitative estimate of drug-likeness (QED) is 0.518. The lowest BCUT2D eigenvalue weighted by Crippen LogP contribution is -2.04. The standard InChI is InChI=1S/C17H14ClN3/c1-11(19)20-13-8-6-12-7-9-16(21-17(12)10-13)14-4-2-3-5-15(14)18/h2-10H,1H3,(H2,19,20). The molecule has 3 aromatic rings. The summed E-state index contributed by atoms with van der Waals surface area (Å²) < 4.78 is 0. The number of amidine groups is 1. The van der Waals surface area contributed by atoms with Gasteiger partial charge in [-0.25, -0.2) is 4.98 Å². The molecule has 0 fully saturated rings. The van der Waals surface area contributed by atoms with E-state index in [2.05, 4.69) is 10.3 Å². The molecule has 0 atom stereocenters.